The molecule has 1 aromatic carbocycles. The molecule has 0 aliphatic carbocycles. The van der Waals surface area contributed by atoms with Crippen molar-refractivity contribution in [3.05, 3.63) is 18.2 Å². The van der Waals surface area contributed by atoms with Gasteiger partial charge in [-0.2, -0.15) is 4.31 Å². The maximum atomic E-state index is 12.5. The van der Waals surface area contributed by atoms with Gasteiger partial charge >= 0.3 is 0 Å². The lowest BCUT2D eigenvalue weighted by atomic mass is 9.99. The number of phenols is 1. The summed E-state index contributed by atoms with van der Waals surface area (Å²) in [5.74, 6) is -1.12. The molecule has 1 atom stereocenters. The summed E-state index contributed by atoms with van der Waals surface area (Å²) in [7, 11) is -3.73. The number of nitrogens with zero attached hydrogens (tertiary/aromatic N) is 1. The van der Waals surface area contributed by atoms with E-state index in [0.717, 1.165) is 0 Å². The molecule has 1 aliphatic rings. The lowest BCUT2D eigenvalue weighted by molar-refractivity contribution is -0.122. The van der Waals surface area contributed by atoms with Gasteiger partial charge in [-0.25, -0.2) is 8.42 Å². The highest BCUT2D eigenvalue weighted by atomic mass is 32.2. The van der Waals surface area contributed by atoms with Gasteiger partial charge < -0.3 is 16.6 Å². The van der Waals surface area contributed by atoms with Crippen molar-refractivity contribution in [3.63, 3.8) is 0 Å². The van der Waals surface area contributed by atoms with Crippen molar-refractivity contribution in [2.75, 3.05) is 18.8 Å². The van der Waals surface area contributed by atoms with Gasteiger partial charge in [0.2, 0.25) is 15.9 Å². The third kappa shape index (κ3) is 2.70. The fraction of sp³-hybridized carbons (Fsp3) is 0.417. The van der Waals surface area contributed by atoms with E-state index in [4.69, 9.17) is 11.5 Å². The fourth-order valence-electron chi connectivity index (χ4n) is 2.24. The molecule has 0 aromatic heterocycles. The van der Waals surface area contributed by atoms with Crippen LogP contribution in [0.25, 0.3) is 0 Å². The monoisotopic (exact) mass is 299 g/mol. The van der Waals surface area contributed by atoms with Crippen LogP contribution in [0.5, 0.6) is 5.75 Å². The summed E-state index contributed by atoms with van der Waals surface area (Å²) in [4.78, 5) is 11.2. The minimum Gasteiger partial charge on any atom is -0.506 e. The van der Waals surface area contributed by atoms with Crippen molar-refractivity contribution in [3.8, 4) is 5.75 Å². The van der Waals surface area contributed by atoms with E-state index < -0.39 is 21.8 Å². The SMILES string of the molecule is NC(=O)C1CCCN(S(=O)(=O)c2ccc(O)c(N)c2)C1. The van der Waals surface area contributed by atoms with Crippen molar-refractivity contribution >= 4 is 21.6 Å². The van der Waals surface area contributed by atoms with Crippen LogP contribution in [0.4, 0.5) is 5.69 Å². The van der Waals surface area contributed by atoms with Crippen LogP contribution >= 0.6 is 0 Å². The Morgan fingerprint density at radius 3 is 2.70 bits per heavy atom. The van der Waals surface area contributed by atoms with Gasteiger partial charge in [0.25, 0.3) is 0 Å². The molecule has 1 saturated heterocycles. The number of anilines is 1. The zero-order valence-corrected chi connectivity index (χ0v) is 11.6. The van der Waals surface area contributed by atoms with Crippen molar-refractivity contribution < 1.29 is 18.3 Å². The second kappa shape index (κ2) is 5.29. The molecule has 20 heavy (non-hydrogen) atoms. The summed E-state index contributed by atoms with van der Waals surface area (Å²) in [5, 5.41) is 9.34. The van der Waals surface area contributed by atoms with Crippen molar-refractivity contribution in [1.29, 1.82) is 0 Å². The summed E-state index contributed by atoms with van der Waals surface area (Å²) in [6.07, 6.45) is 1.18. The number of amides is 1. The molecule has 110 valence electrons. The first kappa shape index (κ1) is 14.6. The van der Waals surface area contributed by atoms with E-state index in [2.05, 4.69) is 0 Å². The first-order valence-corrected chi connectivity index (χ1v) is 7.64. The van der Waals surface area contributed by atoms with Gasteiger partial charge in [-0.15, -0.1) is 0 Å². The number of carbonyl (C=O) groups excluding carboxylic acids is 1. The van der Waals surface area contributed by atoms with Crippen LogP contribution in [0.3, 0.4) is 0 Å². The second-order valence-corrected chi connectivity index (χ2v) is 6.76. The highest BCUT2D eigenvalue weighted by Gasteiger charge is 2.32. The Balaban J connectivity index is 2.29. The molecule has 1 aromatic rings. The molecule has 1 heterocycles. The third-order valence-electron chi connectivity index (χ3n) is 3.42. The average molecular weight is 299 g/mol. The lowest BCUT2D eigenvalue weighted by Crippen LogP contribution is -2.44. The molecule has 0 radical (unpaired) electrons. The number of nitrogen functional groups attached to an aromatic ring is 1. The minimum atomic E-state index is -3.73. The average Bonchev–Trinajstić information content (AvgIpc) is 2.42. The zero-order valence-electron chi connectivity index (χ0n) is 10.8. The number of carbonyl (C=O) groups is 1. The number of benzene rings is 1. The lowest BCUT2D eigenvalue weighted by Gasteiger charge is -2.30. The maximum absolute atomic E-state index is 12.5. The summed E-state index contributed by atoms with van der Waals surface area (Å²) in [6.45, 7) is 0.422. The molecule has 0 saturated carbocycles. The van der Waals surface area contributed by atoms with Gasteiger partial charge in [0.15, 0.2) is 0 Å². The predicted octanol–water partition coefficient (Wildman–Crippen LogP) is -0.140. The maximum Gasteiger partial charge on any atom is 0.243 e. The zero-order chi connectivity index (χ0) is 14.9. The van der Waals surface area contributed by atoms with Crippen molar-refractivity contribution in [2.24, 2.45) is 11.7 Å². The number of piperidine rings is 1. The number of aromatic hydroxyl groups is 1. The molecule has 1 unspecified atom stereocenters. The van der Waals surface area contributed by atoms with E-state index in [9.17, 15) is 18.3 Å². The topological polar surface area (TPSA) is 127 Å². The summed E-state index contributed by atoms with van der Waals surface area (Å²) in [5.41, 5.74) is 10.8. The van der Waals surface area contributed by atoms with Gasteiger partial charge in [0.05, 0.1) is 16.5 Å². The van der Waals surface area contributed by atoms with E-state index in [1.807, 2.05) is 0 Å². The van der Waals surface area contributed by atoms with Gasteiger partial charge in [-0.3, -0.25) is 4.79 Å². The molecule has 1 amide bonds. The van der Waals surface area contributed by atoms with Crippen LogP contribution in [-0.4, -0.2) is 36.8 Å². The smallest absolute Gasteiger partial charge is 0.243 e. The Bertz CT molecular complexity index is 630. The Morgan fingerprint density at radius 1 is 1.40 bits per heavy atom. The molecular formula is C12H17N3O4S. The van der Waals surface area contributed by atoms with Gasteiger partial charge in [-0.05, 0) is 31.0 Å². The standard InChI is InChI=1S/C12H17N3O4S/c13-10-6-9(3-4-11(10)16)20(18,19)15-5-1-2-8(7-15)12(14)17/h3-4,6,8,16H,1-2,5,7,13H2,(H2,14,17). The molecule has 7 nitrogen and oxygen atoms in total. The minimum absolute atomic E-state index is 0.00193. The number of rotatable bonds is 3. The summed E-state index contributed by atoms with van der Waals surface area (Å²) < 4.78 is 26.1. The number of primary amides is 1. The second-order valence-electron chi connectivity index (χ2n) is 4.83. The van der Waals surface area contributed by atoms with E-state index in [1.165, 1.54) is 22.5 Å². The van der Waals surface area contributed by atoms with E-state index in [-0.39, 0.29) is 22.9 Å². The van der Waals surface area contributed by atoms with E-state index >= 15 is 0 Å². The van der Waals surface area contributed by atoms with Crippen LogP contribution < -0.4 is 11.5 Å². The van der Waals surface area contributed by atoms with Crippen LogP contribution in [-0.2, 0) is 14.8 Å². The number of phenolic OH excluding ortho intramolecular Hbond substituents is 1. The highest BCUT2D eigenvalue weighted by molar-refractivity contribution is 7.89. The normalized spacial score (nSPS) is 20.7. The molecule has 1 aliphatic heterocycles. The molecule has 8 heteroatoms. The molecule has 1 fully saturated rings. The fourth-order valence-corrected chi connectivity index (χ4v) is 3.79. The number of nitrogens with two attached hydrogens (primary N) is 2. The number of sulfonamides is 1. The third-order valence-corrected chi connectivity index (χ3v) is 5.28. The molecule has 0 spiro atoms. The van der Waals surface area contributed by atoms with Crippen molar-refractivity contribution in [1.82, 2.24) is 4.31 Å². The Labute approximate surface area is 117 Å². The quantitative estimate of drug-likeness (QED) is 0.529. The predicted molar refractivity (Wildman–Crippen MR) is 73.2 cm³/mol. The molecule has 0 bridgehead atoms. The van der Waals surface area contributed by atoms with E-state index in [1.54, 1.807) is 0 Å². The molecular weight excluding hydrogens is 282 g/mol. The summed E-state index contributed by atoms with van der Waals surface area (Å²) in [6, 6.07) is 3.73. The number of hydrogen-bond donors (Lipinski definition) is 3. The van der Waals surface area contributed by atoms with E-state index in [0.29, 0.717) is 19.4 Å². The van der Waals surface area contributed by atoms with Crippen LogP contribution in [0.1, 0.15) is 12.8 Å². The largest absolute Gasteiger partial charge is 0.506 e. The Morgan fingerprint density at radius 2 is 2.10 bits per heavy atom. The highest BCUT2D eigenvalue weighted by Crippen LogP contribution is 2.28. The van der Waals surface area contributed by atoms with Gasteiger partial charge in [0, 0.05) is 13.1 Å². The van der Waals surface area contributed by atoms with Gasteiger partial charge in [-0.1, -0.05) is 0 Å². The number of hydrogen-bond acceptors (Lipinski definition) is 5. The summed E-state index contributed by atoms with van der Waals surface area (Å²) >= 11 is 0. The first-order valence-electron chi connectivity index (χ1n) is 6.20. The van der Waals surface area contributed by atoms with Gasteiger partial charge in [0.1, 0.15) is 5.75 Å². The first-order chi connectivity index (χ1) is 9.32. The molecule has 5 N–H and O–H groups in total. The van der Waals surface area contributed by atoms with Crippen LogP contribution in [0, 0.1) is 5.92 Å². The van der Waals surface area contributed by atoms with Crippen LogP contribution in [0.15, 0.2) is 23.1 Å². The Hall–Kier alpha value is -1.80. The molecule has 2 rings (SSSR count). The van der Waals surface area contributed by atoms with Crippen LogP contribution in [0.2, 0.25) is 0 Å². The Kier molecular flexibility index (Phi) is 3.87. The van der Waals surface area contributed by atoms with Crippen molar-refractivity contribution in [2.45, 2.75) is 17.7 Å².